The van der Waals surface area contributed by atoms with Crippen LogP contribution in [0.2, 0.25) is 0 Å². The molecule has 2 aromatic carbocycles. The predicted molar refractivity (Wildman–Crippen MR) is 148 cm³/mol. The second-order valence-electron chi connectivity index (χ2n) is 9.01. The molecule has 1 saturated heterocycles. The minimum absolute atomic E-state index is 0.0983. The van der Waals surface area contributed by atoms with Crippen LogP contribution in [0.25, 0.3) is 22.5 Å². The van der Waals surface area contributed by atoms with E-state index in [1.54, 1.807) is 0 Å². The van der Waals surface area contributed by atoms with Gasteiger partial charge in [0.15, 0.2) is 0 Å². The third kappa shape index (κ3) is 6.89. The maximum atomic E-state index is 13.2. The van der Waals surface area contributed by atoms with Gasteiger partial charge >= 0.3 is 0 Å². The molecule has 4 rings (SSSR count). The summed E-state index contributed by atoms with van der Waals surface area (Å²) >= 11 is 0. The lowest BCUT2D eigenvalue weighted by Crippen LogP contribution is -2.49. The van der Waals surface area contributed by atoms with Crippen LogP contribution in [-0.4, -0.2) is 64.5 Å². The summed E-state index contributed by atoms with van der Waals surface area (Å²) in [4.78, 5) is 22.0. The highest BCUT2D eigenvalue weighted by molar-refractivity contribution is 5.78. The summed E-state index contributed by atoms with van der Waals surface area (Å²) in [6, 6.07) is 20.6. The Morgan fingerprint density at radius 3 is 2.50 bits per heavy atom. The second kappa shape index (κ2) is 12.8. The highest BCUT2D eigenvalue weighted by Crippen LogP contribution is 2.27. The van der Waals surface area contributed by atoms with Crippen molar-refractivity contribution in [3.63, 3.8) is 0 Å². The number of allylic oxidation sites excluding steroid dienone is 4. The van der Waals surface area contributed by atoms with Gasteiger partial charge in [-0.05, 0) is 44.0 Å². The van der Waals surface area contributed by atoms with E-state index in [1.807, 2.05) is 59.1 Å². The van der Waals surface area contributed by atoms with Crippen molar-refractivity contribution in [1.29, 1.82) is 0 Å². The zero-order valence-corrected chi connectivity index (χ0v) is 21.3. The van der Waals surface area contributed by atoms with Crippen LogP contribution >= 0.6 is 0 Å². The molecule has 0 aliphatic carbocycles. The first-order valence-electron chi connectivity index (χ1n) is 12.6. The van der Waals surface area contributed by atoms with Crippen molar-refractivity contribution in [3.05, 3.63) is 90.5 Å². The number of carbonyl (C=O) groups is 1. The summed E-state index contributed by atoms with van der Waals surface area (Å²) in [5.74, 6) is 0.0983. The van der Waals surface area contributed by atoms with Gasteiger partial charge in [-0.25, -0.2) is 0 Å². The van der Waals surface area contributed by atoms with Crippen LogP contribution in [0.4, 0.5) is 0 Å². The quantitative estimate of drug-likeness (QED) is 0.311. The molecule has 0 saturated carbocycles. The molecule has 1 amide bonds. The Labute approximate surface area is 214 Å². The molecule has 0 N–H and O–H groups in total. The number of aliphatic imine (C=N–C) groups is 1. The lowest BCUT2D eigenvalue weighted by molar-refractivity contribution is -0.133. The number of rotatable bonds is 9. The SMILES string of the molecule is CC=CCC=CC=NCN1CCN(C(=O)Cn2nc(-c3cccc(C)c3)cc2-c2ccccc2)CC1. The number of aryl methyl sites for hydroxylation is 1. The predicted octanol–water partition coefficient (Wildman–Crippen LogP) is 5.22. The van der Waals surface area contributed by atoms with Gasteiger partial charge in [-0.1, -0.05) is 72.3 Å². The standard InChI is InChI=1S/C30H35N5O/c1-3-4-5-6-10-16-31-24-33-17-19-34(20-18-33)30(36)23-35-29(26-13-8-7-9-14-26)22-28(32-35)27-15-11-12-25(2)21-27/h3-4,6-16,21-22H,5,17-20,23-24H2,1-2H3. The van der Waals surface area contributed by atoms with Gasteiger partial charge in [0.25, 0.3) is 0 Å². The fourth-order valence-corrected chi connectivity index (χ4v) is 4.27. The molecule has 0 unspecified atom stereocenters. The number of amides is 1. The molecule has 6 heteroatoms. The molecule has 6 nitrogen and oxygen atoms in total. The van der Waals surface area contributed by atoms with Gasteiger partial charge in [-0.15, -0.1) is 0 Å². The van der Waals surface area contributed by atoms with E-state index in [-0.39, 0.29) is 12.5 Å². The monoisotopic (exact) mass is 481 g/mol. The van der Waals surface area contributed by atoms with Gasteiger partial charge in [-0.3, -0.25) is 19.4 Å². The number of piperazine rings is 1. The smallest absolute Gasteiger partial charge is 0.244 e. The summed E-state index contributed by atoms with van der Waals surface area (Å²) in [6.07, 6.45) is 11.0. The van der Waals surface area contributed by atoms with Gasteiger partial charge in [-0.2, -0.15) is 5.10 Å². The molecular formula is C30H35N5O. The second-order valence-corrected chi connectivity index (χ2v) is 9.01. The number of benzene rings is 2. The summed E-state index contributed by atoms with van der Waals surface area (Å²) in [6.45, 7) is 8.05. The Morgan fingerprint density at radius 2 is 1.75 bits per heavy atom. The van der Waals surface area contributed by atoms with Gasteiger partial charge in [0.05, 0.1) is 18.1 Å². The zero-order chi connectivity index (χ0) is 25.2. The number of aromatic nitrogens is 2. The Morgan fingerprint density at radius 1 is 0.972 bits per heavy atom. The van der Waals surface area contributed by atoms with Gasteiger partial charge < -0.3 is 4.90 Å². The van der Waals surface area contributed by atoms with Crippen LogP contribution < -0.4 is 0 Å². The molecule has 0 bridgehead atoms. The van der Waals surface area contributed by atoms with E-state index in [2.05, 4.69) is 65.4 Å². The van der Waals surface area contributed by atoms with E-state index in [0.29, 0.717) is 19.8 Å². The van der Waals surface area contributed by atoms with Crippen molar-refractivity contribution >= 4 is 12.1 Å². The zero-order valence-electron chi connectivity index (χ0n) is 21.3. The van der Waals surface area contributed by atoms with Gasteiger partial charge in [0, 0.05) is 38.0 Å². The van der Waals surface area contributed by atoms with E-state index in [0.717, 1.165) is 42.0 Å². The van der Waals surface area contributed by atoms with Crippen molar-refractivity contribution in [1.82, 2.24) is 19.6 Å². The minimum Gasteiger partial charge on any atom is -0.339 e. The molecule has 0 spiro atoms. The van der Waals surface area contributed by atoms with E-state index >= 15 is 0 Å². The van der Waals surface area contributed by atoms with Crippen molar-refractivity contribution < 1.29 is 4.79 Å². The van der Waals surface area contributed by atoms with Crippen molar-refractivity contribution in [3.8, 4) is 22.5 Å². The normalized spacial score (nSPS) is 15.0. The fourth-order valence-electron chi connectivity index (χ4n) is 4.27. The van der Waals surface area contributed by atoms with Crippen LogP contribution in [0, 0.1) is 6.92 Å². The van der Waals surface area contributed by atoms with Crippen LogP contribution in [0.5, 0.6) is 0 Å². The van der Waals surface area contributed by atoms with Gasteiger partial charge in [0.2, 0.25) is 5.91 Å². The fraction of sp³-hybridized carbons (Fsp3) is 0.300. The molecule has 3 aromatic rings. The summed E-state index contributed by atoms with van der Waals surface area (Å²) in [7, 11) is 0. The first kappa shape index (κ1) is 25.3. The maximum absolute atomic E-state index is 13.2. The molecule has 1 aliphatic rings. The van der Waals surface area contributed by atoms with Crippen LogP contribution in [-0.2, 0) is 11.3 Å². The maximum Gasteiger partial charge on any atom is 0.244 e. The van der Waals surface area contributed by atoms with Crippen LogP contribution in [0.3, 0.4) is 0 Å². The minimum atomic E-state index is 0.0983. The van der Waals surface area contributed by atoms with E-state index in [4.69, 9.17) is 5.10 Å². The van der Waals surface area contributed by atoms with Crippen molar-refractivity contribution in [2.45, 2.75) is 26.8 Å². The number of hydrogen-bond donors (Lipinski definition) is 0. The van der Waals surface area contributed by atoms with E-state index < -0.39 is 0 Å². The molecule has 36 heavy (non-hydrogen) atoms. The molecule has 0 atom stereocenters. The molecule has 2 heterocycles. The highest BCUT2D eigenvalue weighted by Gasteiger charge is 2.22. The van der Waals surface area contributed by atoms with Crippen molar-refractivity contribution in [2.75, 3.05) is 32.8 Å². The Balaban J connectivity index is 1.39. The molecule has 1 fully saturated rings. The van der Waals surface area contributed by atoms with E-state index in [9.17, 15) is 4.79 Å². The lowest BCUT2D eigenvalue weighted by atomic mass is 10.1. The summed E-state index contributed by atoms with van der Waals surface area (Å²) in [5, 5.41) is 4.85. The van der Waals surface area contributed by atoms with Crippen molar-refractivity contribution in [2.24, 2.45) is 4.99 Å². The topological polar surface area (TPSA) is 53.7 Å². The average molecular weight is 482 g/mol. The highest BCUT2D eigenvalue weighted by atomic mass is 16.2. The number of carbonyl (C=O) groups excluding carboxylic acids is 1. The Kier molecular flexibility index (Phi) is 9.00. The largest absolute Gasteiger partial charge is 0.339 e. The Bertz CT molecular complexity index is 1220. The molecule has 1 aliphatic heterocycles. The molecule has 186 valence electrons. The third-order valence-corrected chi connectivity index (χ3v) is 6.29. The molecular weight excluding hydrogens is 446 g/mol. The van der Waals surface area contributed by atoms with Crippen LogP contribution in [0.1, 0.15) is 18.9 Å². The lowest BCUT2D eigenvalue weighted by Gasteiger charge is -2.33. The first-order chi connectivity index (χ1) is 17.6. The van der Waals surface area contributed by atoms with Crippen LogP contribution in [0.15, 0.2) is 90.0 Å². The number of nitrogens with zero attached hydrogens (tertiary/aromatic N) is 5. The Hall–Kier alpha value is -3.77. The first-order valence-corrected chi connectivity index (χ1v) is 12.6. The molecule has 0 radical (unpaired) electrons. The molecule has 1 aromatic heterocycles. The summed E-state index contributed by atoms with van der Waals surface area (Å²) < 4.78 is 1.85. The number of hydrogen-bond acceptors (Lipinski definition) is 4. The van der Waals surface area contributed by atoms with Gasteiger partial charge in [0.1, 0.15) is 6.54 Å². The summed E-state index contributed by atoms with van der Waals surface area (Å²) in [5.41, 5.74) is 5.14. The average Bonchev–Trinajstić information content (AvgIpc) is 3.33. The third-order valence-electron chi connectivity index (χ3n) is 6.29. The van der Waals surface area contributed by atoms with E-state index in [1.165, 1.54) is 5.56 Å².